The predicted octanol–water partition coefficient (Wildman–Crippen LogP) is 1.93. The minimum absolute atomic E-state index is 0.269. The van der Waals surface area contributed by atoms with Crippen LogP contribution in [0, 0.1) is 0 Å². The quantitative estimate of drug-likeness (QED) is 0.924. The largest absolute Gasteiger partial charge is 0.309 e. The summed E-state index contributed by atoms with van der Waals surface area (Å²) in [7, 11) is -3.61. The molecule has 1 N–H and O–H groups in total. The molecule has 2 aromatic rings. The van der Waals surface area contributed by atoms with Crippen molar-refractivity contribution in [3.05, 3.63) is 41.9 Å². The van der Waals surface area contributed by atoms with Crippen molar-refractivity contribution in [3.63, 3.8) is 0 Å². The molecule has 0 spiro atoms. The Kier molecular flexibility index (Phi) is 4.23. The summed E-state index contributed by atoms with van der Waals surface area (Å²) in [6.07, 6.45) is 2.76. The van der Waals surface area contributed by atoms with Gasteiger partial charge in [0, 0.05) is 12.7 Å². The highest BCUT2D eigenvalue weighted by Crippen LogP contribution is 2.29. The molecule has 1 fully saturated rings. The second-order valence-electron chi connectivity index (χ2n) is 4.91. The molecule has 2 aromatic heterocycles. The van der Waals surface area contributed by atoms with Crippen LogP contribution in [0.25, 0.3) is 0 Å². The van der Waals surface area contributed by atoms with Gasteiger partial charge in [-0.2, -0.15) is 4.31 Å². The first-order valence-electron chi connectivity index (χ1n) is 6.86. The van der Waals surface area contributed by atoms with Crippen LogP contribution in [0.2, 0.25) is 0 Å². The van der Waals surface area contributed by atoms with Gasteiger partial charge in [0.15, 0.2) is 0 Å². The van der Waals surface area contributed by atoms with Gasteiger partial charge in [-0.3, -0.25) is 4.79 Å². The van der Waals surface area contributed by atoms with Crippen molar-refractivity contribution in [1.29, 1.82) is 0 Å². The molecule has 1 saturated heterocycles. The Labute approximate surface area is 132 Å². The normalized spacial score (nSPS) is 19.2. The molecule has 1 atom stereocenters. The van der Waals surface area contributed by atoms with Gasteiger partial charge in [0.25, 0.3) is 10.0 Å². The molecular weight excluding hydrogens is 322 g/mol. The third-order valence-electron chi connectivity index (χ3n) is 3.48. The molecule has 6 nitrogen and oxygen atoms in total. The van der Waals surface area contributed by atoms with Crippen molar-refractivity contribution in [3.8, 4) is 0 Å². The standard InChI is InChI=1S/C14H15N3O3S2/c18-14(16-12-6-1-2-8-15-12)11-5-3-9-17(11)22(19,20)13-7-4-10-21-13/h1-2,4,6-8,10-11H,3,5,9H2,(H,15,16,18)/t11-/m1/s1. The summed E-state index contributed by atoms with van der Waals surface area (Å²) in [5.74, 6) is 0.0872. The van der Waals surface area contributed by atoms with Crippen LogP contribution in [0.15, 0.2) is 46.1 Å². The van der Waals surface area contributed by atoms with Crippen LogP contribution in [-0.2, 0) is 14.8 Å². The molecule has 3 heterocycles. The number of rotatable bonds is 4. The van der Waals surface area contributed by atoms with E-state index in [1.165, 1.54) is 4.31 Å². The topological polar surface area (TPSA) is 79.4 Å². The third-order valence-corrected chi connectivity index (χ3v) is 6.76. The van der Waals surface area contributed by atoms with Crippen molar-refractivity contribution in [2.45, 2.75) is 23.1 Å². The summed E-state index contributed by atoms with van der Waals surface area (Å²) in [5, 5.41) is 4.39. The highest BCUT2D eigenvalue weighted by atomic mass is 32.2. The summed E-state index contributed by atoms with van der Waals surface area (Å²) in [5.41, 5.74) is 0. The number of hydrogen-bond donors (Lipinski definition) is 1. The molecule has 0 bridgehead atoms. The first-order valence-corrected chi connectivity index (χ1v) is 9.18. The zero-order valence-electron chi connectivity index (χ0n) is 11.7. The van der Waals surface area contributed by atoms with Crippen molar-refractivity contribution >= 4 is 33.1 Å². The number of carbonyl (C=O) groups is 1. The summed E-state index contributed by atoms with van der Waals surface area (Å²) in [4.78, 5) is 16.4. The van der Waals surface area contributed by atoms with Crippen LogP contribution in [0.5, 0.6) is 0 Å². The van der Waals surface area contributed by atoms with E-state index in [1.807, 2.05) is 0 Å². The number of aromatic nitrogens is 1. The fraction of sp³-hybridized carbons (Fsp3) is 0.286. The molecule has 3 rings (SSSR count). The number of hydrogen-bond acceptors (Lipinski definition) is 5. The molecule has 1 aliphatic rings. The average molecular weight is 337 g/mol. The Bertz CT molecular complexity index is 745. The van der Waals surface area contributed by atoms with E-state index in [2.05, 4.69) is 10.3 Å². The van der Waals surface area contributed by atoms with Gasteiger partial charge in [-0.15, -0.1) is 11.3 Å². The van der Waals surface area contributed by atoms with Crippen molar-refractivity contribution in [2.24, 2.45) is 0 Å². The van der Waals surface area contributed by atoms with Gasteiger partial charge in [-0.05, 0) is 36.4 Å². The molecule has 0 aromatic carbocycles. The van der Waals surface area contributed by atoms with E-state index in [1.54, 1.807) is 41.9 Å². The van der Waals surface area contributed by atoms with Crippen LogP contribution in [0.3, 0.4) is 0 Å². The van der Waals surface area contributed by atoms with Crippen molar-refractivity contribution < 1.29 is 13.2 Å². The minimum atomic E-state index is -3.61. The maximum absolute atomic E-state index is 12.6. The lowest BCUT2D eigenvalue weighted by molar-refractivity contribution is -0.119. The smallest absolute Gasteiger partial charge is 0.253 e. The van der Waals surface area contributed by atoms with Gasteiger partial charge in [-0.1, -0.05) is 12.1 Å². The molecule has 0 radical (unpaired) electrons. The summed E-state index contributed by atoms with van der Waals surface area (Å²) in [6.45, 7) is 0.362. The Hall–Kier alpha value is -1.77. The zero-order chi connectivity index (χ0) is 15.6. The second kappa shape index (κ2) is 6.15. The number of pyridine rings is 1. The maximum Gasteiger partial charge on any atom is 0.253 e. The number of carbonyl (C=O) groups excluding carboxylic acids is 1. The lowest BCUT2D eigenvalue weighted by atomic mass is 10.2. The van der Waals surface area contributed by atoms with Gasteiger partial charge < -0.3 is 5.32 Å². The van der Waals surface area contributed by atoms with Crippen molar-refractivity contribution in [2.75, 3.05) is 11.9 Å². The third kappa shape index (κ3) is 2.90. The molecule has 1 aliphatic heterocycles. The van der Waals surface area contributed by atoms with Crippen LogP contribution < -0.4 is 5.32 Å². The van der Waals surface area contributed by atoms with Crippen molar-refractivity contribution in [1.82, 2.24) is 9.29 Å². The number of thiophene rings is 1. The summed E-state index contributed by atoms with van der Waals surface area (Å²) in [6, 6.07) is 7.75. The minimum Gasteiger partial charge on any atom is -0.309 e. The number of sulfonamides is 1. The first kappa shape index (κ1) is 15.1. The summed E-state index contributed by atoms with van der Waals surface area (Å²) < 4.78 is 26.8. The lowest BCUT2D eigenvalue weighted by Crippen LogP contribution is -2.42. The van der Waals surface area contributed by atoms with Crippen LogP contribution in [0.1, 0.15) is 12.8 Å². The van der Waals surface area contributed by atoms with E-state index >= 15 is 0 Å². The molecular formula is C14H15N3O3S2. The predicted molar refractivity (Wildman–Crippen MR) is 84.1 cm³/mol. The average Bonchev–Trinajstić information content (AvgIpc) is 3.20. The van der Waals surface area contributed by atoms with Gasteiger partial charge in [-0.25, -0.2) is 13.4 Å². The number of nitrogens with one attached hydrogen (secondary N) is 1. The lowest BCUT2D eigenvalue weighted by Gasteiger charge is -2.22. The highest BCUT2D eigenvalue weighted by molar-refractivity contribution is 7.91. The Morgan fingerprint density at radius 3 is 2.86 bits per heavy atom. The zero-order valence-corrected chi connectivity index (χ0v) is 13.3. The van der Waals surface area contributed by atoms with Crippen LogP contribution in [0.4, 0.5) is 5.82 Å². The SMILES string of the molecule is O=C(Nc1ccccn1)[C@H]1CCCN1S(=O)(=O)c1cccs1. The van der Waals surface area contributed by atoms with Gasteiger partial charge >= 0.3 is 0 Å². The molecule has 1 amide bonds. The molecule has 8 heteroatoms. The number of anilines is 1. The number of nitrogens with zero attached hydrogens (tertiary/aromatic N) is 2. The van der Waals surface area contributed by atoms with Crippen LogP contribution in [-0.4, -0.2) is 36.2 Å². The van der Waals surface area contributed by atoms with E-state index in [0.717, 1.165) is 11.3 Å². The monoisotopic (exact) mass is 337 g/mol. The van der Waals surface area contributed by atoms with E-state index in [-0.39, 0.29) is 10.1 Å². The molecule has 0 saturated carbocycles. The second-order valence-corrected chi connectivity index (χ2v) is 7.98. The first-order chi connectivity index (χ1) is 10.6. The van der Waals surface area contributed by atoms with E-state index in [4.69, 9.17) is 0 Å². The maximum atomic E-state index is 12.6. The Morgan fingerprint density at radius 2 is 2.18 bits per heavy atom. The van der Waals surface area contributed by atoms with E-state index in [9.17, 15) is 13.2 Å². The Morgan fingerprint density at radius 1 is 1.32 bits per heavy atom. The fourth-order valence-corrected chi connectivity index (χ4v) is 5.24. The molecule has 0 unspecified atom stereocenters. The van der Waals surface area contributed by atoms with Crippen LogP contribution >= 0.6 is 11.3 Å². The summed E-state index contributed by atoms with van der Waals surface area (Å²) >= 11 is 1.16. The van der Waals surface area contributed by atoms with Gasteiger partial charge in [0.05, 0.1) is 0 Å². The highest BCUT2D eigenvalue weighted by Gasteiger charge is 2.39. The fourth-order valence-electron chi connectivity index (χ4n) is 2.46. The van der Waals surface area contributed by atoms with Gasteiger partial charge in [0.2, 0.25) is 5.91 Å². The van der Waals surface area contributed by atoms with Gasteiger partial charge in [0.1, 0.15) is 16.1 Å². The van der Waals surface area contributed by atoms with E-state index in [0.29, 0.717) is 25.2 Å². The number of amides is 1. The Balaban J connectivity index is 1.80. The van der Waals surface area contributed by atoms with E-state index < -0.39 is 16.1 Å². The molecule has 22 heavy (non-hydrogen) atoms. The molecule has 116 valence electrons. The molecule has 0 aliphatic carbocycles.